The van der Waals surface area contributed by atoms with Crippen LogP contribution in [0, 0.1) is 0 Å². The Bertz CT molecular complexity index is 658. The van der Waals surface area contributed by atoms with Crippen LogP contribution in [0.3, 0.4) is 0 Å². The minimum Gasteiger partial charge on any atom is -0.453 e. The molecule has 8 heteroatoms. The van der Waals surface area contributed by atoms with Gasteiger partial charge in [0.2, 0.25) is 0 Å². The lowest BCUT2D eigenvalue weighted by atomic mass is 9.97. The van der Waals surface area contributed by atoms with Crippen molar-refractivity contribution in [2.45, 2.75) is 57.3 Å². The van der Waals surface area contributed by atoms with Crippen LogP contribution in [0.15, 0.2) is 30.3 Å². The quantitative estimate of drug-likeness (QED) is 0.791. The number of hydrogen-bond acceptors (Lipinski definition) is 8. The summed E-state index contributed by atoms with van der Waals surface area (Å²) in [5, 5.41) is 10.2. The van der Waals surface area contributed by atoms with Crippen LogP contribution in [0.25, 0.3) is 0 Å². The molecule has 2 saturated heterocycles. The summed E-state index contributed by atoms with van der Waals surface area (Å²) in [7, 11) is 0. The predicted molar refractivity (Wildman–Crippen MR) is 87.0 cm³/mol. The number of hydrogen-bond donors (Lipinski definition) is 1. The van der Waals surface area contributed by atoms with Gasteiger partial charge >= 0.3 is 11.9 Å². The minimum absolute atomic E-state index is 0.140. The molecule has 0 unspecified atom stereocenters. The molecular formula is C18H22O8. The second kappa shape index (κ2) is 7.32. The number of esters is 2. The first kappa shape index (κ1) is 18.8. The first-order valence-corrected chi connectivity index (χ1v) is 8.35. The second-order valence-electron chi connectivity index (χ2n) is 6.67. The summed E-state index contributed by atoms with van der Waals surface area (Å²) in [6, 6.07) is 8.39. The van der Waals surface area contributed by atoms with E-state index in [-0.39, 0.29) is 6.61 Å². The lowest BCUT2D eigenvalue weighted by molar-refractivity contribution is -0.376. The van der Waals surface area contributed by atoms with E-state index in [1.54, 1.807) is 44.2 Å². The molecule has 26 heavy (non-hydrogen) atoms. The average molecular weight is 366 g/mol. The van der Waals surface area contributed by atoms with Crippen molar-refractivity contribution in [2.75, 3.05) is 6.61 Å². The standard InChI is InChI=1S/C18H22O8/c1-10(19)23-15-14(25-16(20)11-7-5-4-6-8-11)13-12(24-17(15)21)9-22-18(2,3)26-13/h4-8,12-15,17,21H,9H2,1-3H3/t12-,13+,14+,15+,17+/m0/s1. The Morgan fingerprint density at radius 1 is 1.15 bits per heavy atom. The average Bonchev–Trinajstić information content (AvgIpc) is 2.58. The van der Waals surface area contributed by atoms with Gasteiger partial charge in [-0.25, -0.2) is 4.79 Å². The smallest absolute Gasteiger partial charge is 0.338 e. The fourth-order valence-electron chi connectivity index (χ4n) is 3.03. The molecule has 5 atom stereocenters. The molecule has 2 aliphatic rings. The molecule has 0 saturated carbocycles. The van der Waals surface area contributed by atoms with Crippen molar-refractivity contribution in [2.24, 2.45) is 0 Å². The van der Waals surface area contributed by atoms with Gasteiger partial charge in [-0.05, 0) is 26.0 Å². The molecule has 2 heterocycles. The van der Waals surface area contributed by atoms with Crippen LogP contribution in [0.1, 0.15) is 31.1 Å². The highest BCUT2D eigenvalue weighted by molar-refractivity contribution is 5.89. The van der Waals surface area contributed by atoms with E-state index in [4.69, 9.17) is 23.7 Å². The van der Waals surface area contributed by atoms with Gasteiger partial charge < -0.3 is 28.8 Å². The summed E-state index contributed by atoms with van der Waals surface area (Å²) in [6.45, 7) is 4.76. The first-order chi connectivity index (χ1) is 12.3. The summed E-state index contributed by atoms with van der Waals surface area (Å²) in [5.74, 6) is -2.19. The molecule has 142 valence electrons. The molecule has 0 spiro atoms. The molecular weight excluding hydrogens is 344 g/mol. The maximum Gasteiger partial charge on any atom is 0.338 e. The Labute approximate surface area is 150 Å². The van der Waals surface area contributed by atoms with Crippen LogP contribution in [-0.2, 0) is 28.5 Å². The zero-order chi connectivity index (χ0) is 18.9. The normalized spacial score (nSPS) is 33.0. The van der Waals surface area contributed by atoms with Crippen LogP contribution in [0.5, 0.6) is 0 Å². The molecule has 1 aromatic rings. The minimum atomic E-state index is -1.47. The van der Waals surface area contributed by atoms with Crippen LogP contribution >= 0.6 is 0 Å². The molecule has 0 aromatic heterocycles. The fraction of sp³-hybridized carbons (Fsp3) is 0.556. The van der Waals surface area contributed by atoms with E-state index in [0.717, 1.165) is 0 Å². The second-order valence-corrected chi connectivity index (χ2v) is 6.67. The van der Waals surface area contributed by atoms with Crippen molar-refractivity contribution in [3.8, 4) is 0 Å². The Morgan fingerprint density at radius 3 is 2.50 bits per heavy atom. The SMILES string of the molecule is CC(=O)O[C@@H]1[C@H](OC(=O)c2ccccc2)[C@@H]2OC(C)(C)OC[C@@H]2O[C@H]1O. The number of benzene rings is 1. The third-order valence-electron chi connectivity index (χ3n) is 4.18. The van der Waals surface area contributed by atoms with Crippen LogP contribution < -0.4 is 0 Å². The summed E-state index contributed by atoms with van der Waals surface area (Å²) in [6.07, 6.45) is -5.17. The highest BCUT2D eigenvalue weighted by Gasteiger charge is 2.54. The third kappa shape index (κ3) is 4.04. The maximum absolute atomic E-state index is 12.5. The molecule has 0 amide bonds. The van der Waals surface area contributed by atoms with Gasteiger partial charge in [-0.3, -0.25) is 4.79 Å². The number of ether oxygens (including phenoxy) is 5. The van der Waals surface area contributed by atoms with E-state index in [1.165, 1.54) is 6.92 Å². The van der Waals surface area contributed by atoms with Gasteiger partial charge in [0, 0.05) is 6.92 Å². The third-order valence-corrected chi connectivity index (χ3v) is 4.18. The number of fused-ring (bicyclic) bond motifs is 1. The zero-order valence-electron chi connectivity index (χ0n) is 14.8. The van der Waals surface area contributed by atoms with E-state index >= 15 is 0 Å². The zero-order valence-corrected chi connectivity index (χ0v) is 14.8. The van der Waals surface area contributed by atoms with Gasteiger partial charge in [-0.1, -0.05) is 18.2 Å². The highest BCUT2D eigenvalue weighted by Crippen LogP contribution is 2.34. The van der Waals surface area contributed by atoms with Crippen molar-refractivity contribution >= 4 is 11.9 Å². The summed E-state index contributed by atoms with van der Waals surface area (Å²) in [5.41, 5.74) is 0.331. The Hall–Kier alpha value is -2.00. The topological polar surface area (TPSA) is 101 Å². The lowest BCUT2D eigenvalue weighted by Gasteiger charge is -2.49. The van der Waals surface area contributed by atoms with Gasteiger partial charge in [-0.15, -0.1) is 0 Å². The molecule has 0 radical (unpaired) electrons. The number of carbonyl (C=O) groups excluding carboxylic acids is 2. The Morgan fingerprint density at radius 2 is 1.85 bits per heavy atom. The van der Waals surface area contributed by atoms with E-state index in [0.29, 0.717) is 5.56 Å². The molecule has 1 N–H and O–H groups in total. The largest absolute Gasteiger partial charge is 0.453 e. The number of carbonyl (C=O) groups is 2. The first-order valence-electron chi connectivity index (χ1n) is 8.35. The molecule has 8 nitrogen and oxygen atoms in total. The van der Waals surface area contributed by atoms with Crippen LogP contribution in [-0.4, -0.2) is 60.1 Å². The number of rotatable bonds is 3. The maximum atomic E-state index is 12.5. The van der Waals surface area contributed by atoms with Crippen molar-refractivity contribution in [1.82, 2.24) is 0 Å². The summed E-state index contributed by atoms with van der Waals surface area (Å²) >= 11 is 0. The fourth-order valence-corrected chi connectivity index (χ4v) is 3.03. The van der Waals surface area contributed by atoms with Crippen molar-refractivity contribution in [3.05, 3.63) is 35.9 Å². The van der Waals surface area contributed by atoms with Crippen LogP contribution in [0.4, 0.5) is 0 Å². The molecule has 1 aromatic carbocycles. The summed E-state index contributed by atoms with van der Waals surface area (Å²) < 4.78 is 27.6. The predicted octanol–water partition coefficient (Wildman–Crippen LogP) is 1.01. The molecule has 0 aliphatic carbocycles. The van der Waals surface area contributed by atoms with E-state index in [9.17, 15) is 14.7 Å². The van der Waals surface area contributed by atoms with Gasteiger partial charge in [0.15, 0.2) is 24.3 Å². The number of aliphatic hydroxyl groups excluding tert-OH is 1. The number of aliphatic hydroxyl groups is 1. The van der Waals surface area contributed by atoms with Crippen molar-refractivity contribution in [1.29, 1.82) is 0 Å². The monoisotopic (exact) mass is 366 g/mol. The van der Waals surface area contributed by atoms with Gasteiger partial charge in [-0.2, -0.15) is 0 Å². The van der Waals surface area contributed by atoms with E-state index in [1.807, 2.05) is 0 Å². The highest BCUT2D eigenvalue weighted by atomic mass is 16.8. The lowest BCUT2D eigenvalue weighted by Crippen LogP contribution is -2.66. The Kier molecular flexibility index (Phi) is 5.29. The van der Waals surface area contributed by atoms with Gasteiger partial charge in [0.1, 0.15) is 12.2 Å². The van der Waals surface area contributed by atoms with Gasteiger partial charge in [0.05, 0.1) is 12.2 Å². The van der Waals surface area contributed by atoms with E-state index < -0.39 is 48.4 Å². The van der Waals surface area contributed by atoms with Crippen molar-refractivity contribution in [3.63, 3.8) is 0 Å². The Balaban J connectivity index is 1.87. The molecule has 3 rings (SSSR count). The molecule has 2 fully saturated rings. The molecule has 0 bridgehead atoms. The van der Waals surface area contributed by atoms with Gasteiger partial charge in [0.25, 0.3) is 0 Å². The summed E-state index contributed by atoms with van der Waals surface area (Å²) in [4.78, 5) is 24.0. The van der Waals surface area contributed by atoms with Crippen molar-refractivity contribution < 1.29 is 38.4 Å². The van der Waals surface area contributed by atoms with Crippen LogP contribution in [0.2, 0.25) is 0 Å². The van der Waals surface area contributed by atoms with E-state index in [2.05, 4.69) is 0 Å². The molecule has 2 aliphatic heterocycles.